The van der Waals surface area contributed by atoms with Crippen molar-refractivity contribution in [2.24, 2.45) is 5.41 Å². The molecule has 1 aliphatic heterocycles. The number of nitrogens with one attached hydrogen (secondary N) is 2. The first-order chi connectivity index (χ1) is 10.8. The number of amides is 2. The quantitative estimate of drug-likeness (QED) is 0.875. The largest absolute Gasteiger partial charge is 0.352 e. The van der Waals surface area contributed by atoms with Gasteiger partial charge in [-0.3, -0.25) is 9.59 Å². The Balaban J connectivity index is 0.00000288. The van der Waals surface area contributed by atoms with Crippen LogP contribution in [0.3, 0.4) is 0 Å². The molecule has 6 heteroatoms. The minimum Gasteiger partial charge on any atom is -0.352 e. The monoisotopic (exact) mass is 353 g/mol. The maximum absolute atomic E-state index is 12.5. The number of hydrogen-bond acceptors (Lipinski definition) is 3. The first-order valence-corrected chi connectivity index (χ1v) is 8.18. The molecule has 0 spiro atoms. The highest BCUT2D eigenvalue weighted by Crippen LogP contribution is 2.14. The lowest BCUT2D eigenvalue weighted by molar-refractivity contribution is -0.128. The lowest BCUT2D eigenvalue weighted by atomic mass is 9.95. The van der Waals surface area contributed by atoms with E-state index in [4.69, 9.17) is 0 Å². The highest BCUT2D eigenvalue weighted by atomic mass is 35.5. The number of hydrogen-bond donors (Lipinski definition) is 2. The zero-order chi connectivity index (χ0) is 17.0. The Labute approximate surface area is 150 Å². The molecule has 0 aliphatic carbocycles. The molecule has 1 fully saturated rings. The molecule has 0 radical (unpaired) electrons. The number of benzene rings is 1. The van der Waals surface area contributed by atoms with Crippen LogP contribution in [-0.2, 0) is 11.3 Å². The Hall–Kier alpha value is -1.59. The van der Waals surface area contributed by atoms with Crippen molar-refractivity contribution >= 4 is 24.2 Å². The zero-order valence-electron chi connectivity index (χ0n) is 14.9. The lowest BCUT2D eigenvalue weighted by Gasteiger charge is -2.34. The summed E-state index contributed by atoms with van der Waals surface area (Å²) in [4.78, 5) is 26.3. The van der Waals surface area contributed by atoms with E-state index in [1.54, 1.807) is 0 Å². The van der Waals surface area contributed by atoms with Gasteiger partial charge in [-0.25, -0.2) is 0 Å². The minimum absolute atomic E-state index is 0. The highest BCUT2D eigenvalue weighted by molar-refractivity contribution is 5.94. The lowest BCUT2D eigenvalue weighted by Crippen LogP contribution is -2.52. The van der Waals surface area contributed by atoms with Gasteiger partial charge in [0.05, 0.1) is 0 Å². The Morgan fingerprint density at radius 1 is 1.25 bits per heavy atom. The van der Waals surface area contributed by atoms with Gasteiger partial charge < -0.3 is 15.5 Å². The number of rotatable bonds is 3. The van der Waals surface area contributed by atoms with E-state index >= 15 is 0 Å². The molecule has 2 rings (SSSR count). The van der Waals surface area contributed by atoms with Gasteiger partial charge >= 0.3 is 0 Å². The number of piperazine rings is 1. The standard InChI is InChI=1S/C18H27N3O2.ClH/c1-13-11-19-9-10-21(13)16(22)15-7-5-14(6-8-15)12-20-17(23)18(2,3)4;/h5-8,13,19H,9-12H2,1-4H3,(H,20,23);1H. The first-order valence-electron chi connectivity index (χ1n) is 8.18. The van der Waals surface area contributed by atoms with Gasteiger partial charge in [-0.15, -0.1) is 12.4 Å². The molecule has 1 saturated heterocycles. The van der Waals surface area contributed by atoms with Crippen LogP contribution in [0.15, 0.2) is 24.3 Å². The Kier molecular flexibility index (Phi) is 7.24. The smallest absolute Gasteiger partial charge is 0.254 e. The third-order valence-electron chi connectivity index (χ3n) is 4.10. The number of carbonyl (C=O) groups excluding carboxylic acids is 2. The van der Waals surface area contributed by atoms with Crippen LogP contribution in [0.1, 0.15) is 43.6 Å². The van der Waals surface area contributed by atoms with Gasteiger partial charge in [0.1, 0.15) is 0 Å². The van der Waals surface area contributed by atoms with Crippen LogP contribution < -0.4 is 10.6 Å². The van der Waals surface area contributed by atoms with E-state index in [2.05, 4.69) is 17.6 Å². The predicted molar refractivity (Wildman–Crippen MR) is 98.4 cm³/mol. The van der Waals surface area contributed by atoms with E-state index in [9.17, 15) is 9.59 Å². The van der Waals surface area contributed by atoms with Crippen molar-refractivity contribution < 1.29 is 9.59 Å². The van der Waals surface area contributed by atoms with Crippen molar-refractivity contribution in [3.63, 3.8) is 0 Å². The van der Waals surface area contributed by atoms with Crippen LogP contribution in [0.5, 0.6) is 0 Å². The fourth-order valence-corrected chi connectivity index (χ4v) is 2.52. The van der Waals surface area contributed by atoms with Crippen molar-refractivity contribution in [3.05, 3.63) is 35.4 Å². The molecular weight excluding hydrogens is 326 g/mol. The summed E-state index contributed by atoms with van der Waals surface area (Å²) in [7, 11) is 0. The van der Waals surface area contributed by atoms with E-state index in [1.807, 2.05) is 49.9 Å². The van der Waals surface area contributed by atoms with Crippen LogP contribution in [0.2, 0.25) is 0 Å². The normalized spacial score (nSPS) is 17.8. The molecular formula is C18H28ClN3O2. The van der Waals surface area contributed by atoms with Crippen LogP contribution >= 0.6 is 12.4 Å². The van der Waals surface area contributed by atoms with Crippen molar-refractivity contribution in [1.29, 1.82) is 0 Å². The van der Waals surface area contributed by atoms with Crippen molar-refractivity contribution in [2.45, 2.75) is 40.3 Å². The zero-order valence-corrected chi connectivity index (χ0v) is 15.7. The predicted octanol–water partition coefficient (Wildman–Crippen LogP) is 2.20. The second-order valence-electron chi connectivity index (χ2n) is 7.18. The molecule has 0 bridgehead atoms. The molecule has 134 valence electrons. The molecule has 1 atom stereocenters. The topological polar surface area (TPSA) is 61.4 Å². The van der Waals surface area contributed by atoms with Gasteiger partial charge in [0.25, 0.3) is 5.91 Å². The van der Waals surface area contributed by atoms with Gasteiger partial charge in [-0.2, -0.15) is 0 Å². The molecule has 0 saturated carbocycles. The molecule has 2 amide bonds. The molecule has 24 heavy (non-hydrogen) atoms. The summed E-state index contributed by atoms with van der Waals surface area (Å²) in [5.41, 5.74) is 1.30. The van der Waals surface area contributed by atoms with Crippen LogP contribution in [0, 0.1) is 5.41 Å². The maximum Gasteiger partial charge on any atom is 0.254 e. The SMILES string of the molecule is CC1CNCCN1C(=O)c1ccc(CNC(=O)C(C)(C)C)cc1.Cl. The Morgan fingerprint density at radius 3 is 2.42 bits per heavy atom. The molecule has 1 heterocycles. The van der Waals surface area contributed by atoms with E-state index < -0.39 is 5.41 Å². The van der Waals surface area contributed by atoms with Crippen LogP contribution in [0.25, 0.3) is 0 Å². The third kappa shape index (κ3) is 5.21. The molecule has 1 aromatic carbocycles. The second-order valence-corrected chi connectivity index (χ2v) is 7.18. The van der Waals surface area contributed by atoms with E-state index in [-0.39, 0.29) is 30.3 Å². The van der Waals surface area contributed by atoms with Crippen LogP contribution in [0.4, 0.5) is 0 Å². The summed E-state index contributed by atoms with van der Waals surface area (Å²) in [5.74, 6) is 0.0940. The maximum atomic E-state index is 12.5. The second kappa shape index (κ2) is 8.49. The number of carbonyl (C=O) groups is 2. The third-order valence-corrected chi connectivity index (χ3v) is 4.10. The highest BCUT2D eigenvalue weighted by Gasteiger charge is 2.24. The van der Waals surface area contributed by atoms with Crippen molar-refractivity contribution in [2.75, 3.05) is 19.6 Å². The minimum atomic E-state index is -0.395. The fourth-order valence-electron chi connectivity index (χ4n) is 2.52. The Morgan fingerprint density at radius 2 is 1.88 bits per heavy atom. The molecule has 1 aromatic rings. The fraction of sp³-hybridized carbons (Fsp3) is 0.556. The van der Waals surface area contributed by atoms with Gasteiger partial charge in [0.2, 0.25) is 5.91 Å². The summed E-state index contributed by atoms with van der Waals surface area (Å²) in [6, 6.07) is 7.71. The average molecular weight is 354 g/mol. The summed E-state index contributed by atoms with van der Waals surface area (Å²) in [6.45, 7) is 10.6. The summed E-state index contributed by atoms with van der Waals surface area (Å²) in [5, 5.41) is 6.20. The summed E-state index contributed by atoms with van der Waals surface area (Å²) < 4.78 is 0. The van der Waals surface area contributed by atoms with Gasteiger partial charge in [0.15, 0.2) is 0 Å². The Bertz CT molecular complexity index is 567. The number of halogens is 1. The van der Waals surface area contributed by atoms with Gasteiger partial charge in [0, 0.05) is 43.2 Å². The van der Waals surface area contributed by atoms with Crippen LogP contribution in [-0.4, -0.2) is 42.4 Å². The summed E-state index contributed by atoms with van der Waals surface area (Å²) in [6.07, 6.45) is 0. The van der Waals surface area contributed by atoms with Gasteiger partial charge in [-0.05, 0) is 24.6 Å². The first kappa shape index (κ1) is 20.5. The van der Waals surface area contributed by atoms with E-state index in [0.717, 1.165) is 25.2 Å². The average Bonchev–Trinajstić information content (AvgIpc) is 2.52. The molecule has 1 aliphatic rings. The molecule has 1 unspecified atom stereocenters. The summed E-state index contributed by atoms with van der Waals surface area (Å²) >= 11 is 0. The van der Waals surface area contributed by atoms with E-state index in [0.29, 0.717) is 12.1 Å². The molecule has 0 aromatic heterocycles. The van der Waals surface area contributed by atoms with Crippen molar-refractivity contribution in [3.8, 4) is 0 Å². The van der Waals surface area contributed by atoms with Gasteiger partial charge in [-0.1, -0.05) is 32.9 Å². The number of nitrogens with zero attached hydrogens (tertiary/aromatic N) is 1. The van der Waals surface area contributed by atoms with Crippen molar-refractivity contribution in [1.82, 2.24) is 15.5 Å². The molecule has 2 N–H and O–H groups in total. The van der Waals surface area contributed by atoms with E-state index in [1.165, 1.54) is 0 Å². The molecule has 5 nitrogen and oxygen atoms in total.